The highest BCUT2D eigenvalue weighted by molar-refractivity contribution is 7.10. The predicted octanol–water partition coefficient (Wildman–Crippen LogP) is 3.67. The van der Waals surface area contributed by atoms with Gasteiger partial charge in [-0.2, -0.15) is 0 Å². The maximum absolute atomic E-state index is 12.7. The van der Waals surface area contributed by atoms with Crippen LogP contribution in [0.25, 0.3) is 0 Å². The van der Waals surface area contributed by atoms with Crippen LogP contribution in [-0.2, 0) is 4.79 Å². The summed E-state index contributed by atoms with van der Waals surface area (Å²) >= 11 is 1.61. The largest absolute Gasteiger partial charge is 0.351 e. The number of aryl methyl sites for hydroxylation is 1. The first-order valence-corrected chi connectivity index (χ1v) is 9.44. The number of hydrogen-bond donors (Lipinski definition) is 3. The van der Waals surface area contributed by atoms with Crippen LogP contribution < -0.4 is 16.4 Å². The van der Waals surface area contributed by atoms with Crippen molar-refractivity contribution in [1.29, 1.82) is 0 Å². The van der Waals surface area contributed by atoms with Crippen LogP contribution in [0.2, 0.25) is 0 Å². The third-order valence-electron chi connectivity index (χ3n) is 4.21. The number of nitrogens with two attached hydrogens (primary N) is 1. The minimum atomic E-state index is -0.870. The lowest BCUT2D eigenvalue weighted by Crippen LogP contribution is -2.44. The average molecular weight is 379 g/mol. The second-order valence-corrected chi connectivity index (χ2v) is 7.20. The van der Waals surface area contributed by atoms with Crippen molar-refractivity contribution in [2.75, 3.05) is 0 Å². The highest BCUT2D eigenvalue weighted by Crippen LogP contribution is 2.29. The number of nitrogens with one attached hydrogen (secondary N) is 2. The van der Waals surface area contributed by atoms with Gasteiger partial charge < -0.3 is 5.73 Å². The van der Waals surface area contributed by atoms with Crippen molar-refractivity contribution in [3.63, 3.8) is 0 Å². The first-order valence-electron chi connectivity index (χ1n) is 8.56. The van der Waals surface area contributed by atoms with Gasteiger partial charge in [-0.3, -0.25) is 15.4 Å². The number of carbonyl (C=O) groups excluding carboxylic acids is 2. The van der Waals surface area contributed by atoms with Crippen molar-refractivity contribution >= 4 is 23.3 Å². The van der Waals surface area contributed by atoms with Crippen LogP contribution in [0.3, 0.4) is 0 Å². The number of benzene rings is 2. The van der Waals surface area contributed by atoms with Gasteiger partial charge in [-0.05, 0) is 29.5 Å². The summed E-state index contributed by atoms with van der Waals surface area (Å²) in [6.07, 6.45) is 0. The Balaban J connectivity index is 1.98. The van der Waals surface area contributed by atoms with Crippen molar-refractivity contribution in [2.45, 2.75) is 19.0 Å². The normalized spacial score (nSPS) is 12.9. The maximum Gasteiger partial charge on any atom is 0.318 e. The molecule has 3 amide bonds. The van der Waals surface area contributed by atoms with E-state index in [0.29, 0.717) is 0 Å². The van der Waals surface area contributed by atoms with Gasteiger partial charge in [0.1, 0.15) is 6.04 Å². The Hall–Kier alpha value is -2.96. The van der Waals surface area contributed by atoms with Crippen LogP contribution in [0.15, 0.2) is 72.1 Å². The maximum atomic E-state index is 12.7. The number of imide groups is 1. The van der Waals surface area contributed by atoms with E-state index in [1.165, 1.54) is 0 Å². The van der Waals surface area contributed by atoms with Gasteiger partial charge >= 0.3 is 6.03 Å². The van der Waals surface area contributed by atoms with Gasteiger partial charge in [-0.1, -0.05) is 66.2 Å². The lowest BCUT2D eigenvalue weighted by Gasteiger charge is -2.25. The number of amides is 3. The predicted molar refractivity (Wildman–Crippen MR) is 107 cm³/mol. The smallest absolute Gasteiger partial charge is 0.318 e. The molecule has 0 saturated carbocycles. The molecular formula is C21H21N3O2S. The highest BCUT2D eigenvalue weighted by atomic mass is 32.1. The second kappa shape index (κ2) is 8.62. The minimum Gasteiger partial charge on any atom is -0.351 e. The lowest BCUT2D eigenvalue weighted by molar-refractivity contribution is -0.122. The molecule has 0 spiro atoms. The topological polar surface area (TPSA) is 84.2 Å². The van der Waals surface area contributed by atoms with Crippen molar-refractivity contribution < 1.29 is 9.59 Å². The van der Waals surface area contributed by atoms with E-state index in [1.807, 2.05) is 79.0 Å². The fourth-order valence-electron chi connectivity index (χ4n) is 2.89. The number of urea groups is 1. The van der Waals surface area contributed by atoms with Gasteiger partial charge in [0, 0.05) is 4.88 Å². The van der Waals surface area contributed by atoms with Crippen LogP contribution in [0.4, 0.5) is 4.79 Å². The van der Waals surface area contributed by atoms with Gasteiger partial charge in [0.15, 0.2) is 0 Å². The molecule has 6 heteroatoms. The quantitative estimate of drug-likeness (QED) is 0.611. The summed E-state index contributed by atoms with van der Waals surface area (Å²) < 4.78 is 0. The monoisotopic (exact) mass is 379 g/mol. The Morgan fingerprint density at radius 2 is 1.63 bits per heavy atom. The van der Waals surface area contributed by atoms with E-state index < -0.39 is 18.0 Å². The third-order valence-corrected chi connectivity index (χ3v) is 5.15. The second-order valence-electron chi connectivity index (χ2n) is 6.22. The molecule has 3 rings (SSSR count). The van der Waals surface area contributed by atoms with E-state index in [-0.39, 0.29) is 6.04 Å². The molecule has 0 unspecified atom stereocenters. The summed E-state index contributed by atoms with van der Waals surface area (Å²) in [5.41, 5.74) is 8.12. The summed E-state index contributed by atoms with van der Waals surface area (Å²) in [7, 11) is 0. The number of carbonyl (C=O) groups is 2. The molecular weight excluding hydrogens is 358 g/mol. The van der Waals surface area contributed by atoms with Crippen molar-refractivity contribution in [3.05, 3.63) is 93.7 Å². The molecule has 3 aromatic rings. The summed E-state index contributed by atoms with van der Waals surface area (Å²) in [6, 6.07) is 19.6. The lowest BCUT2D eigenvalue weighted by atomic mass is 9.99. The van der Waals surface area contributed by atoms with Gasteiger partial charge in [0.2, 0.25) is 5.91 Å². The standard InChI is InChI=1S/C21H21N3O2S/c1-14-9-11-16(12-10-14)18(17-8-5-13-27-17)23-19(20(25)24-21(22)26)15-6-3-2-4-7-15/h2-13,18-19,23H,1H3,(H3,22,24,25,26)/t18-,19+/m0/s1. The molecule has 1 heterocycles. The molecule has 0 aliphatic heterocycles. The van der Waals surface area contributed by atoms with Crippen LogP contribution >= 0.6 is 11.3 Å². The SMILES string of the molecule is Cc1ccc([C@H](N[C@@H](C(=O)NC(N)=O)c2ccccc2)c2cccs2)cc1. The fraction of sp³-hybridized carbons (Fsp3) is 0.143. The zero-order valence-electron chi connectivity index (χ0n) is 14.9. The first kappa shape index (κ1) is 18.8. The Morgan fingerprint density at radius 1 is 0.926 bits per heavy atom. The van der Waals surface area contributed by atoms with E-state index in [0.717, 1.165) is 21.6 Å². The van der Waals surface area contributed by atoms with Gasteiger partial charge in [-0.15, -0.1) is 11.3 Å². The molecule has 0 fully saturated rings. The Labute approximate surface area is 162 Å². The summed E-state index contributed by atoms with van der Waals surface area (Å²) in [5, 5.41) is 7.60. The number of hydrogen-bond acceptors (Lipinski definition) is 4. The molecule has 0 aliphatic carbocycles. The van der Waals surface area contributed by atoms with Crippen molar-refractivity contribution in [1.82, 2.24) is 10.6 Å². The third kappa shape index (κ3) is 4.81. The van der Waals surface area contributed by atoms with Crippen LogP contribution in [0.5, 0.6) is 0 Å². The molecule has 2 atom stereocenters. The molecule has 4 N–H and O–H groups in total. The first-order chi connectivity index (χ1) is 13.0. The molecule has 0 bridgehead atoms. The zero-order valence-corrected chi connectivity index (χ0v) is 15.7. The van der Waals surface area contributed by atoms with E-state index >= 15 is 0 Å². The van der Waals surface area contributed by atoms with Crippen LogP contribution in [0, 0.1) is 6.92 Å². The minimum absolute atomic E-state index is 0.200. The number of rotatable bonds is 6. The van der Waals surface area contributed by atoms with Crippen molar-refractivity contribution in [3.8, 4) is 0 Å². The number of primary amides is 1. The molecule has 5 nitrogen and oxygen atoms in total. The fourth-order valence-corrected chi connectivity index (χ4v) is 3.70. The summed E-state index contributed by atoms with van der Waals surface area (Å²) in [5.74, 6) is -0.484. The molecule has 27 heavy (non-hydrogen) atoms. The molecule has 138 valence electrons. The van der Waals surface area contributed by atoms with Gasteiger partial charge in [0.05, 0.1) is 6.04 Å². The Kier molecular flexibility index (Phi) is 6.01. The summed E-state index contributed by atoms with van der Waals surface area (Å²) in [4.78, 5) is 25.0. The van der Waals surface area contributed by atoms with Gasteiger partial charge in [0.25, 0.3) is 0 Å². The molecule has 0 saturated heterocycles. The number of thiophene rings is 1. The van der Waals surface area contributed by atoms with E-state index in [1.54, 1.807) is 11.3 Å². The van der Waals surface area contributed by atoms with Crippen LogP contribution in [-0.4, -0.2) is 11.9 Å². The Bertz CT molecular complexity index is 893. The van der Waals surface area contributed by atoms with E-state index in [9.17, 15) is 9.59 Å². The molecule has 1 aromatic heterocycles. The summed E-state index contributed by atoms with van der Waals surface area (Å²) in [6.45, 7) is 2.03. The Morgan fingerprint density at radius 3 is 2.22 bits per heavy atom. The molecule has 0 radical (unpaired) electrons. The highest BCUT2D eigenvalue weighted by Gasteiger charge is 2.27. The zero-order chi connectivity index (χ0) is 19.2. The van der Waals surface area contributed by atoms with E-state index in [2.05, 4.69) is 10.6 Å². The average Bonchev–Trinajstić information content (AvgIpc) is 3.18. The van der Waals surface area contributed by atoms with Gasteiger partial charge in [-0.25, -0.2) is 4.79 Å². The van der Waals surface area contributed by atoms with E-state index in [4.69, 9.17) is 5.73 Å². The van der Waals surface area contributed by atoms with Crippen molar-refractivity contribution in [2.24, 2.45) is 5.73 Å². The van der Waals surface area contributed by atoms with Crippen LogP contribution in [0.1, 0.15) is 33.7 Å². The molecule has 0 aliphatic rings. The molecule has 2 aromatic carbocycles.